The Kier molecular flexibility index (Phi) is 5.01. The average molecular weight is 409 g/mol. The molecule has 1 aliphatic rings. The van der Waals surface area contributed by atoms with Crippen molar-refractivity contribution in [1.82, 2.24) is 10.6 Å². The van der Waals surface area contributed by atoms with Crippen molar-refractivity contribution in [3.05, 3.63) is 75.8 Å². The Bertz CT molecular complexity index is 967. The lowest BCUT2D eigenvalue weighted by Gasteiger charge is -2.45. The number of Topliss-reactive ketones (excluding diaryl/α,β-unsaturated/α-hetero) is 1. The molecule has 2 aromatic carbocycles. The zero-order valence-electron chi connectivity index (χ0n) is 14.5. The number of halogens is 3. The third-order valence-corrected chi connectivity index (χ3v) is 4.59. The second-order valence-electron chi connectivity index (χ2n) is 6.40. The Morgan fingerprint density at radius 3 is 2.38 bits per heavy atom. The van der Waals surface area contributed by atoms with Gasteiger partial charge in [-0.15, -0.1) is 0 Å². The fourth-order valence-electron chi connectivity index (χ4n) is 3.23. The highest BCUT2D eigenvalue weighted by atomic mass is 19.4. The number of ketones is 1. The molecule has 0 aromatic heterocycles. The van der Waals surface area contributed by atoms with Gasteiger partial charge in [-0.2, -0.15) is 13.2 Å². The second kappa shape index (κ2) is 7.17. The highest BCUT2D eigenvalue weighted by Crippen LogP contribution is 2.44. The summed E-state index contributed by atoms with van der Waals surface area (Å²) in [5.41, 5.74) is -4.60. The van der Waals surface area contributed by atoms with Crippen molar-refractivity contribution < 1.29 is 32.8 Å². The quantitative estimate of drug-likeness (QED) is 0.407. The average Bonchev–Trinajstić information content (AvgIpc) is 2.67. The molecule has 2 amide bonds. The van der Waals surface area contributed by atoms with Crippen LogP contribution in [0.4, 0.5) is 23.7 Å². The lowest BCUT2D eigenvalue weighted by molar-refractivity contribution is -0.385. The third kappa shape index (κ3) is 3.63. The minimum Gasteiger partial charge on any atom is -0.363 e. The number of urea groups is 1. The number of carbonyl (C=O) groups is 2. The minimum atomic E-state index is -5.40. The normalized spacial score (nSPS) is 24.3. The number of nitrogens with one attached hydrogen (secondary N) is 2. The zero-order valence-corrected chi connectivity index (χ0v) is 14.5. The van der Waals surface area contributed by atoms with Crippen LogP contribution < -0.4 is 10.6 Å². The first-order valence-electron chi connectivity index (χ1n) is 8.26. The molecule has 0 unspecified atom stereocenters. The number of hydrogen-bond donors (Lipinski definition) is 3. The second-order valence-corrected chi connectivity index (χ2v) is 6.40. The van der Waals surface area contributed by atoms with Crippen molar-refractivity contribution in [1.29, 1.82) is 0 Å². The molecule has 0 bridgehead atoms. The van der Waals surface area contributed by atoms with Gasteiger partial charge in [0.15, 0.2) is 5.78 Å². The first kappa shape index (κ1) is 20.3. The van der Waals surface area contributed by atoms with E-state index in [0.717, 1.165) is 12.1 Å². The number of aliphatic hydroxyl groups is 1. The number of nitrogens with zero attached hydrogens (tertiary/aromatic N) is 1. The summed E-state index contributed by atoms with van der Waals surface area (Å²) in [6.45, 7) is 0. The van der Waals surface area contributed by atoms with Gasteiger partial charge in [0, 0.05) is 17.7 Å². The molecule has 1 fully saturated rings. The van der Waals surface area contributed by atoms with Crippen molar-refractivity contribution in [2.75, 3.05) is 0 Å². The molecule has 0 radical (unpaired) electrons. The molecular formula is C18H14F3N3O5. The number of amides is 2. The van der Waals surface area contributed by atoms with Crippen LogP contribution in [0.25, 0.3) is 0 Å². The van der Waals surface area contributed by atoms with E-state index in [1.165, 1.54) is 41.7 Å². The van der Waals surface area contributed by atoms with Gasteiger partial charge in [-0.05, 0) is 5.56 Å². The summed E-state index contributed by atoms with van der Waals surface area (Å²) in [7, 11) is 0. The molecule has 1 aliphatic heterocycles. The van der Waals surface area contributed by atoms with Crippen LogP contribution >= 0.6 is 0 Å². The first-order valence-corrected chi connectivity index (χ1v) is 8.26. The van der Waals surface area contributed by atoms with Crippen molar-refractivity contribution in [3.63, 3.8) is 0 Å². The third-order valence-electron chi connectivity index (χ3n) is 4.59. The highest BCUT2D eigenvalue weighted by molar-refractivity contribution is 6.00. The summed E-state index contributed by atoms with van der Waals surface area (Å²) >= 11 is 0. The number of non-ortho nitro benzene ring substituents is 1. The molecule has 152 valence electrons. The first-order chi connectivity index (χ1) is 13.5. The molecule has 0 aliphatic carbocycles. The van der Waals surface area contributed by atoms with E-state index in [1.54, 1.807) is 6.07 Å². The van der Waals surface area contributed by atoms with Crippen LogP contribution in [0.2, 0.25) is 0 Å². The Balaban J connectivity index is 2.18. The van der Waals surface area contributed by atoms with Crippen LogP contribution in [0.5, 0.6) is 0 Å². The van der Waals surface area contributed by atoms with E-state index in [2.05, 4.69) is 5.32 Å². The summed E-state index contributed by atoms with van der Waals surface area (Å²) in [6.07, 6.45) is -5.40. The van der Waals surface area contributed by atoms with Crippen molar-refractivity contribution in [3.8, 4) is 0 Å². The minimum absolute atomic E-state index is 0.131. The van der Waals surface area contributed by atoms with Gasteiger partial charge in [-0.3, -0.25) is 14.9 Å². The summed E-state index contributed by atoms with van der Waals surface area (Å²) < 4.78 is 41.3. The molecule has 1 saturated heterocycles. The lowest BCUT2D eigenvalue weighted by Crippen LogP contribution is -2.72. The molecule has 11 heteroatoms. The van der Waals surface area contributed by atoms with E-state index in [0.29, 0.717) is 0 Å². The molecule has 29 heavy (non-hydrogen) atoms. The molecule has 3 rings (SSSR count). The van der Waals surface area contributed by atoms with Crippen LogP contribution in [-0.4, -0.2) is 33.7 Å². The zero-order chi connectivity index (χ0) is 21.4. The predicted octanol–water partition coefficient (Wildman–Crippen LogP) is 2.70. The van der Waals surface area contributed by atoms with Crippen molar-refractivity contribution in [2.45, 2.75) is 17.9 Å². The summed E-state index contributed by atoms with van der Waals surface area (Å²) in [5.74, 6) is -3.35. The SMILES string of the molecule is O=C1N[C@@H](c2cccc([N+](=O)[O-])c2)[C@@H](C(=O)c2ccccc2)[C@@](O)(C(F)(F)F)N1. The standard InChI is InChI=1S/C18H14F3N3O5/c19-18(20,21)17(27)13(15(25)10-5-2-1-3-6-10)14(22-16(26)23-17)11-7-4-8-12(9-11)24(28)29/h1-9,13-14,27H,(H2,22,23,26)/t13-,14-,17+/m0/s1. The van der Waals surface area contributed by atoms with E-state index in [4.69, 9.17) is 0 Å². The van der Waals surface area contributed by atoms with E-state index < -0.39 is 46.3 Å². The Morgan fingerprint density at radius 1 is 1.14 bits per heavy atom. The molecule has 1 heterocycles. The van der Waals surface area contributed by atoms with Gasteiger partial charge in [0.2, 0.25) is 5.72 Å². The summed E-state index contributed by atoms with van der Waals surface area (Å²) in [4.78, 5) is 35.2. The van der Waals surface area contributed by atoms with E-state index in [-0.39, 0.29) is 11.1 Å². The number of alkyl halides is 3. The Morgan fingerprint density at radius 2 is 1.79 bits per heavy atom. The van der Waals surface area contributed by atoms with E-state index in [9.17, 15) is 38.0 Å². The van der Waals surface area contributed by atoms with Crippen LogP contribution in [0.15, 0.2) is 54.6 Å². The van der Waals surface area contributed by atoms with Gasteiger partial charge >= 0.3 is 12.2 Å². The monoisotopic (exact) mass is 409 g/mol. The van der Waals surface area contributed by atoms with Crippen LogP contribution in [-0.2, 0) is 0 Å². The molecule has 8 nitrogen and oxygen atoms in total. The lowest BCUT2D eigenvalue weighted by atomic mass is 9.77. The van der Waals surface area contributed by atoms with E-state index in [1.807, 2.05) is 0 Å². The van der Waals surface area contributed by atoms with Crippen LogP contribution in [0, 0.1) is 16.0 Å². The molecule has 0 saturated carbocycles. The highest BCUT2D eigenvalue weighted by Gasteiger charge is 2.66. The maximum absolute atomic E-state index is 13.8. The molecule has 3 N–H and O–H groups in total. The number of rotatable bonds is 4. The molecular weight excluding hydrogens is 395 g/mol. The predicted molar refractivity (Wildman–Crippen MR) is 92.8 cm³/mol. The fraction of sp³-hybridized carbons (Fsp3) is 0.222. The molecule has 2 aromatic rings. The fourth-order valence-corrected chi connectivity index (χ4v) is 3.23. The Labute approximate surface area is 161 Å². The number of nitro benzene ring substituents is 1. The maximum Gasteiger partial charge on any atom is 0.437 e. The van der Waals surface area contributed by atoms with Gasteiger partial charge in [-0.25, -0.2) is 4.79 Å². The topological polar surface area (TPSA) is 122 Å². The smallest absolute Gasteiger partial charge is 0.363 e. The van der Waals surface area contributed by atoms with E-state index >= 15 is 0 Å². The number of benzene rings is 2. The van der Waals surface area contributed by atoms with Crippen molar-refractivity contribution >= 4 is 17.5 Å². The van der Waals surface area contributed by atoms with Crippen molar-refractivity contribution in [2.24, 2.45) is 5.92 Å². The van der Waals surface area contributed by atoms with Crippen LogP contribution in [0.3, 0.4) is 0 Å². The largest absolute Gasteiger partial charge is 0.437 e. The Hall–Kier alpha value is -3.47. The summed E-state index contributed by atoms with van der Waals surface area (Å²) in [5, 5.41) is 25.0. The van der Waals surface area contributed by atoms with Gasteiger partial charge in [-0.1, -0.05) is 42.5 Å². The molecule has 3 atom stereocenters. The number of hydrogen-bond acceptors (Lipinski definition) is 5. The number of nitro groups is 1. The van der Waals surface area contributed by atoms with Gasteiger partial charge in [0.05, 0.1) is 11.0 Å². The van der Waals surface area contributed by atoms with Gasteiger partial charge < -0.3 is 15.7 Å². The van der Waals surface area contributed by atoms with Gasteiger partial charge in [0.1, 0.15) is 5.92 Å². The molecule has 0 spiro atoms. The number of carbonyl (C=O) groups excluding carboxylic acids is 2. The maximum atomic E-state index is 13.8. The van der Waals surface area contributed by atoms with Crippen LogP contribution in [0.1, 0.15) is 22.0 Å². The van der Waals surface area contributed by atoms with Gasteiger partial charge in [0.25, 0.3) is 5.69 Å². The summed E-state index contributed by atoms with van der Waals surface area (Å²) in [6, 6.07) is 8.36.